The summed E-state index contributed by atoms with van der Waals surface area (Å²) in [5, 5.41) is 9.62. The quantitative estimate of drug-likeness (QED) is 0.491. The van der Waals surface area contributed by atoms with Crippen LogP contribution >= 0.6 is 0 Å². The molecule has 5 aromatic rings. The Hall–Kier alpha value is -3.48. The molecular formula is C19H15N5O2. The fourth-order valence-corrected chi connectivity index (χ4v) is 3.07. The van der Waals surface area contributed by atoms with Crippen LogP contribution in [0.15, 0.2) is 51.4 Å². The van der Waals surface area contributed by atoms with Gasteiger partial charge in [0, 0.05) is 24.4 Å². The first-order valence-electron chi connectivity index (χ1n) is 8.38. The van der Waals surface area contributed by atoms with Crippen molar-refractivity contribution < 1.29 is 8.94 Å². The Morgan fingerprint density at radius 3 is 2.85 bits per heavy atom. The third-order valence-corrected chi connectivity index (χ3v) is 4.38. The van der Waals surface area contributed by atoms with Gasteiger partial charge in [-0.15, -0.1) is 0 Å². The fourth-order valence-electron chi connectivity index (χ4n) is 3.07. The Balaban J connectivity index is 1.59. The lowest BCUT2D eigenvalue weighted by molar-refractivity contribution is 0.431. The molecular weight excluding hydrogens is 330 g/mol. The molecule has 0 atom stereocenters. The minimum Gasteiger partial charge on any atom is -0.441 e. The van der Waals surface area contributed by atoms with Gasteiger partial charge in [-0.25, -0.2) is 4.98 Å². The zero-order valence-electron chi connectivity index (χ0n) is 14.3. The third kappa shape index (κ3) is 2.21. The van der Waals surface area contributed by atoms with Crippen LogP contribution in [0.4, 0.5) is 0 Å². The highest BCUT2D eigenvalue weighted by Gasteiger charge is 2.18. The highest BCUT2D eigenvalue weighted by Crippen LogP contribution is 2.29. The van der Waals surface area contributed by atoms with E-state index in [1.54, 1.807) is 0 Å². The molecule has 2 aromatic carbocycles. The number of oxazole rings is 1. The maximum Gasteiger partial charge on any atom is 0.279 e. The summed E-state index contributed by atoms with van der Waals surface area (Å²) in [7, 11) is 1.90. The zero-order valence-corrected chi connectivity index (χ0v) is 14.3. The van der Waals surface area contributed by atoms with Gasteiger partial charge in [0.05, 0.1) is 5.52 Å². The molecule has 0 aliphatic carbocycles. The zero-order chi connectivity index (χ0) is 17.7. The second-order valence-corrected chi connectivity index (χ2v) is 6.06. The first kappa shape index (κ1) is 14.8. The second-order valence-electron chi connectivity index (χ2n) is 6.06. The highest BCUT2D eigenvalue weighted by atomic mass is 16.5. The summed E-state index contributed by atoms with van der Waals surface area (Å²) in [5.74, 6) is 1.61. The molecule has 5 rings (SSSR count). The SMILES string of the molecule is CCc1nc2cc(-c3noc(-c4nn(C)c5ccccc45)n3)ccc2o1. The normalized spacial score (nSPS) is 11.6. The van der Waals surface area contributed by atoms with Crippen LogP contribution in [0.5, 0.6) is 0 Å². The molecule has 3 heterocycles. The van der Waals surface area contributed by atoms with Gasteiger partial charge < -0.3 is 8.94 Å². The first-order valence-corrected chi connectivity index (χ1v) is 8.38. The first-order chi connectivity index (χ1) is 12.7. The van der Waals surface area contributed by atoms with Crippen LogP contribution in [-0.4, -0.2) is 24.9 Å². The van der Waals surface area contributed by atoms with E-state index < -0.39 is 0 Å². The Kier molecular flexibility index (Phi) is 3.15. The Morgan fingerprint density at radius 2 is 1.96 bits per heavy atom. The molecule has 0 bridgehead atoms. The van der Waals surface area contributed by atoms with E-state index in [0.29, 0.717) is 23.3 Å². The van der Waals surface area contributed by atoms with Crippen molar-refractivity contribution in [2.45, 2.75) is 13.3 Å². The number of nitrogens with zero attached hydrogens (tertiary/aromatic N) is 5. The van der Waals surface area contributed by atoms with Gasteiger partial charge in [-0.3, -0.25) is 4.68 Å². The lowest BCUT2D eigenvalue weighted by Gasteiger charge is -1.92. The predicted octanol–water partition coefficient (Wildman–Crippen LogP) is 3.99. The lowest BCUT2D eigenvalue weighted by Crippen LogP contribution is -1.89. The van der Waals surface area contributed by atoms with Crippen molar-refractivity contribution in [3.05, 3.63) is 48.4 Å². The molecule has 7 nitrogen and oxygen atoms in total. The monoisotopic (exact) mass is 345 g/mol. The Labute approximate surface area is 148 Å². The van der Waals surface area contributed by atoms with Gasteiger partial charge in [0.25, 0.3) is 5.89 Å². The number of hydrogen-bond acceptors (Lipinski definition) is 6. The largest absolute Gasteiger partial charge is 0.441 e. The molecule has 0 amide bonds. The molecule has 3 aromatic heterocycles. The standard InChI is InChI=1S/C19H15N5O2/c1-3-16-20-13-10-11(8-9-15(13)25-16)18-21-19(26-23-18)17-12-6-4-5-7-14(12)24(2)22-17/h4-10H,3H2,1-2H3. The molecule has 128 valence electrons. The van der Waals surface area contributed by atoms with Crippen molar-refractivity contribution in [3.8, 4) is 23.0 Å². The molecule has 0 unspecified atom stereocenters. The predicted molar refractivity (Wildman–Crippen MR) is 96.4 cm³/mol. The Bertz CT molecular complexity index is 1250. The van der Waals surface area contributed by atoms with Crippen LogP contribution in [0, 0.1) is 0 Å². The van der Waals surface area contributed by atoms with Gasteiger partial charge in [0.1, 0.15) is 5.52 Å². The van der Waals surface area contributed by atoms with Crippen LogP contribution in [0.3, 0.4) is 0 Å². The number of fused-ring (bicyclic) bond motifs is 2. The number of benzene rings is 2. The molecule has 0 aliphatic heterocycles. The van der Waals surface area contributed by atoms with E-state index >= 15 is 0 Å². The summed E-state index contributed by atoms with van der Waals surface area (Å²) >= 11 is 0. The smallest absolute Gasteiger partial charge is 0.279 e. The third-order valence-electron chi connectivity index (χ3n) is 4.38. The number of rotatable bonds is 3. The maximum atomic E-state index is 5.65. The van der Waals surface area contributed by atoms with E-state index in [0.717, 1.165) is 34.0 Å². The van der Waals surface area contributed by atoms with Crippen LogP contribution in [0.1, 0.15) is 12.8 Å². The molecule has 0 N–H and O–H groups in total. The maximum absolute atomic E-state index is 5.65. The molecule has 0 saturated carbocycles. The van der Waals surface area contributed by atoms with Crippen molar-refractivity contribution in [1.29, 1.82) is 0 Å². The van der Waals surface area contributed by atoms with E-state index in [2.05, 4.69) is 20.2 Å². The van der Waals surface area contributed by atoms with E-state index in [1.807, 2.05) is 61.1 Å². The minimum absolute atomic E-state index is 0.395. The number of aryl methyl sites for hydroxylation is 2. The lowest BCUT2D eigenvalue weighted by atomic mass is 10.2. The summed E-state index contributed by atoms with van der Waals surface area (Å²) in [6.45, 7) is 2.01. The fraction of sp³-hybridized carbons (Fsp3) is 0.158. The summed E-state index contributed by atoms with van der Waals surface area (Å²) in [6, 6.07) is 13.6. The van der Waals surface area contributed by atoms with Crippen LogP contribution in [0.2, 0.25) is 0 Å². The molecule has 0 spiro atoms. The van der Waals surface area contributed by atoms with Crippen LogP contribution in [-0.2, 0) is 13.5 Å². The molecule has 0 radical (unpaired) electrons. The van der Waals surface area contributed by atoms with E-state index in [-0.39, 0.29) is 0 Å². The Morgan fingerprint density at radius 1 is 1.08 bits per heavy atom. The van der Waals surface area contributed by atoms with Crippen molar-refractivity contribution >= 4 is 22.0 Å². The number of para-hydroxylation sites is 1. The van der Waals surface area contributed by atoms with Crippen LogP contribution in [0.25, 0.3) is 45.0 Å². The summed E-state index contributed by atoms with van der Waals surface area (Å²) < 4.78 is 12.9. The molecule has 7 heteroatoms. The molecule has 0 saturated heterocycles. The van der Waals surface area contributed by atoms with Gasteiger partial charge >= 0.3 is 0 Å². The van der Waals surface area contributed by atoms with Crippen LogP contribution < -0.4 is 0 Å². The topological polar surface area (TPSA) is 82.8 Å². The van der Waals surface area contributed by atoms with Gasteiger partial charge in [-0.2, -0.15) is 10.1 Å². The summed E-state index contributed by atoms with van der Waals surface area (Å²) in [5.41, 5.74) is 4.05. The average molecular weight is 345 g/mol. The van der Waals surface area contributed by atoms with Gasteiger partial charge in [-0.05, 0) is 24.3 Å². The number of aromatic nitrogens is 5. The van der Waals surface area contributed by atoms with Gasteiger partial charge in [-0.1, -0.05) is 30.3 Å². The summed E-state index contributed by atoms with van der Waals surface area (Å²) in [6.07, 6.45) is 0.753. The molecule has 0 aliphatic rings. The van der Waals surface area contributed by atoms with Crippen molar-refractivity contribution in [3.63, 3.8) is 0 Å². The van der Waals surface area contributed by atoms with E-state index in [9.17, 15) is 0 Å². The van der Waals surface area contributed by atoms with Gasteiger partial charge in [0.15, 0.2) is 17.2 Å². The highest BCUT2D eigenvalue weighted by molar-refractivity contribution is 5.91. The molecule has 0 fully saturated rings. The minimum atomic E-state index is 0.395. The number of hydrogen-bond donors (Lipinski definition) is 0. The van der Waals surface area contributed by atoms with Crippen molar-refractivity contribution in [2.75, 3.05) is 0 Å². The van der Waals surface area contributed by atoms with Crippen molar-refractivity contribution in [1.82, 2.24) is 24.9 Å². The van der Waals surface area contributed by atoms with Gasteiger partial charge in [0.2, 0.25) is 5.82 Å². The van der Waals surface area contributed by atoms with E-state index in [4.69, 9.17) is 8.94 Å². The van der Waals surface area contributed by atoms with E-state index in [1.165, 1.54) is 0 Å². The average Bonchev–Trinajstić information content (AvgIpc) is 3.38. The van der Waals surface area contributed by atoms with Crippen molar-refractivity contribution in [2.24, 2.45) is 7.05 Å². The molecule has 26 heavy (non-hydrogen) atoms. The summed E-state index contributed by atoms with van der Waals surface area (Å²) in [4.78, 5) is 8.99. The second kappa shape index (κ2) is 5.52.